The van der Waals surface area contributed by atoms with E-state index in [0.717, 1.165) is 23.9 Å². The summed E-state index contributed by atoms with van der Waals surface area (Å²) in [5.41, 5.74) is 5.22. The van der Waals surface area contributed by atoms with Crippen LogP contribution in [0, 0.1) is 0 Å². The number of phenols is 1. The molecule has 1 aliphatic carbocycles. The summed E-state index contributed by atoms with van der Waals surface area (Å²) in [6.45, 7) is 0.910. The lowest BCUT2D eigenvalue weighted by atomic mass is 9.72. The highest BCUT2D eigenvalue weighted by Gasteiger charge is 2.35. The van der Waals surface area contributed by atoms with Crippen LogP contribution in [0.25, 0.3) is 0 Å². The highest BCUT2D eigenvalue weighted by molar-refractivity contribution is 9.10. The average molecular weight is 360 g/mol. The first kappa shape index (κ1) is 14.1. The van der Waals surface area contributed by atoms with Crippen molar-refractivity contribution in [2.75, 3.05) is 7.11 Å². The van der Waals surface area contributed by atoms with Gasteiger partial charge in [-0.3, -0.25) is 0 Å². The molecule has 0 amide bonds. The molecule has 0 bridgehead atoms. The Morgan fingerprint density at radius 1 is 1.18 bits per heavy atom. The van der Waals surface area contributed by atoms with Crippen molar-refractivity contribution >= 4 is 15.9 Å². The second kappa shape index (κ2) is 5.28. The van der Waals surface area contributed by atoms with Crippen molar-refractivity contribution in [2.45, 2.75) is 31.3 Å². The Balaban J connectivity index is 1.88. The quantitative estimate of drug-likeness (QED) is 0.815. The van der Waals surface area contributed by atoms with E-state index in [1.165, 1.54) is 22.3 Å². The molecule has 0 saturated carbocycles. The minimum atomic E-state index is 0.228. The summed E-state index contributed by atoms with van der Waals surface area (Å²) < 4.78 is 6.37. The number of hydrogen-bond donors (Lipinski definition) is 2. The number of fused-ring (bicyclic) bond motifs is 5. The lowest BCUT2D eigenvalue weighted by Crippen LogP contribution is -2.42. The van der Waals surface area contributed by atoms with E-state index in [1.54, 1.807) is 7.11 Å². The van der Waals surface area contributed by atoms with Crippen LogP contribution in [0.2, 0.25) is 0 Å². The van der Waals surface area contributed by atoms with Crippen molar-refractivity contribution in [2.24, 2.45) is 0 Å². The van der Waals surface area contributed by atoms with Crippen LogP contribution in [0.5, 0.6) is 11.5 Å². The third-order valence-electron chi connectivity index (χ3n) is 4.90. The summed E-state index contributed by atoms with van der Waals surface area (Å²) in [6, 6.07) is 10.8. The van der Waals surface area contributed by atoms with Gasteiger partial charge in [0.05, 0.1) is 7.11 Å². The van der Waals surface area contributed by atoms with Gasteiger partial charge < -0.3 is 15.2 Å². The molecule has 0 spiro atoms. The number of nitrogens with one attached hydrogen (secondary N) is 1. The number of rotatable bonds is 1. The zero-order valence-electron chi connectivity index (χ0n) is 12.4. The SMILES string of the molecule is COc1cc2c(cc1O)[C@@H]1c3ccc(Br)cc3CN[C@H]1CC2. The zero-order valence-corrected chi connectivity index (χ0v) is 14.0. The van der Waals surface area contributed by atoms with E-state index in [-0.39, 0.29) is 5.75 Å². The molecule has 3 nitrogen and oxygen atoms in total. The molecule has 0 unspecified atom stereocenters. The van der Waals surface area contributed by atoms with Gasteiger partial charge in [-0.05, 0) is 59.4 Å². The third kappa shape index (κ3) is 2.13. The van der Waals surface area contributed by atoms with Crippen LogP contribution in [-0.2, 0) is 13.0 Å². The van der Waals surface area contributed by atoms with Crippen LogP contribution in [0.1, 0.15) is 34.6 Å². The molecule has 0 saturated heterocycles. The fourth-order valence-corrected chi connectivity index (χ4v) is 4.28. The van der Waals surface area contributed by atoms with Crippen LogP contribution in [-0.4, -0.2) is 18.3 Å². The standard InChI is InChI=1S/C18H18BrNO2/c1-22-17-7-10-2-5-15-18(14(10)8-16(17)21)13-4-3-12(19)6-11(13)9-20-15/h3-4,6-8,15,18,20-21H,2,5,9H2,1H3/t15-,18-/m0/s1. The number of benzene rings is 2. The van der Waals surface area contributed by atoms with Crippen molar-refractivity contribution in [3.05, 3.63) is 57.1 Å². The molecule has 4 heteroatoms. The second-order valence-corrected chi connectivity index (χ2v) is 6.99. The molecule has 0 fully saturated rings. The minimum absolute atomic E-state index is 0.228. The molecule has 2 aromatic carbocycles. The fourth-order valence-electron chi connectivity index (χ4n) is 3.87. The third-order valence-corrected chi connectivity index (χ3v) is 5.39. The van der Waals surface area contributed by atoms with Crippen LogP contribution in [0.3, 0.4) is 0 Å². The maximum absolute atomic E-state index is 10.2. The number of phenolic OH excluding ortho intramolecular Hbond substituents is 1. The van der Waals surface area contributed by atoms with Gasteiger partial charge in [0.15, 0.2) is 11.5 Å². The van der Waals surface area contributed by atoms with Gasteiger partial charge in [-0.2, -0.15) is 0 Å². The van der Waals surface area contributed by atoms with Crippen LogP contribution in [0.15, 0.2) is 34.8 Å². The predicted octanol–water partition coefficient (Wildman–Crippen LogP) is 3.71. The molecular formula is C18H18BrNO2. The molecule has 22 heavy (non-hydrogen) atoms. The molecule has 4 rings (SSSR count). The number of aromatic hydroxyl groups is 1. The summed E-state index contributed by atoms with van der Waals surface area (Å²) in [5.74, 6) is 1.10. The number of ether oxygens (including phenoxy) is 1. The van der Waals surface area contributed by atoms with Crippen molar-refractivity contribution in [3.8, 4) is 11.5 Å². The molecule has 0 radical (unpaired) electrons. The molecule has 1 aliphatic heterocycles. The van der Waals surface area contributed by atoms with Crippen LogP contribution >= 0.6 is 15.9 Å². The van der Waals surface area contributed by atoms with Crippen molar-refractivity contribution in [1.82, 2.24) is 5.32 Å². The first-order chi connectivity index (χ1) is 10.7. The molecule has 2 aromatic rings. The lowest BCUT2D eigenvalue weighted by Gasteiger charge is -2.39. The zero-order chi connectivity index (χ0) is 15.3. The van der Waals surface area contributed by atoms with Gasteiger partial charge >= 0.3 is 0 Å². The molecule has 0 aromatic heterocycles. The molecule has 2 N–H and O–H groups in total. The monoisotopic (exact) mass is 359 g/mol. The average Bonchev–Trinajstić information content (AvgIpc) is 2.53. The first-order valence-electron chi connectivity index (χ1n) is 7.59. The summed E-state index contributed by atoms with van der Waals surface area (Å²) >= 11 is 3.56. The smallest absolute Gasteiger partial charge is 0.160 e. The van der Waals surface area contributed by atoms with Gasteiger partial charge in [0.25, 0.3) is 0 Å². The lowest BCUT2D eigenvalue weighted by molar-refractivity contribution is 0.364. The van der Waals surface area contributed by atoms with Crippen molar-refractivity contribution < 1.29 is 9.84 Å². The molecule has 1 heterocycles. The summed E-state index contributed by atoms with van der Waals surface area (Å²) in [7, 11) is 1.60. The number of aryl methyl sites for hydroxylation is 1. The summed E-state index contributed by atoms with van der Waals surface area (Å²) in [6.07, 6.45) is 2.13. The van der Waals surface area contributed by atoms with E-state index in [2.05, 4.69) is 39.4 Å². The Bertz CT molecular complexity index is 744. The highest BCUT2D eigenvalue weighted by Crippen LogP contribution is 2.44. The highest BCUT2D eigenvalue weighted by atomic mass is 79.9. The Labute approximate surface area is 138 Å². The van der Waals surface area contributed by atoms with Gasteiger partial charge in [-0.25, -0.2) is 0 Å². The summed E-state index contributed by atoms with van der Waals surface area (Å²) in [4.78, 5) is 0. The summed E-state index contributed by atoms with van der Waals surface area (Å²) in [5, 5.41) is 13.9. The Hall–Kier alpha value is -1.52. The van der Waals surface area contributed by atoms with Gasteiger partial charge in [0.1, 0.15) is 0 Å². The minimum Gasteiger partial charge on any atom is -0.504 e. The Kier molecular flexibility index (Phi) is 3.39. The van der Waals surface area contributed by atoms with Gasteiger partial charge in [0.2, 0.25) is 0 Å². The van der Waals surface area contributed by atoms with E-state index in [0.29, 0.717) is 17.7 Å². The van der Waals surface area contributed by atoms with Crippen molar-refractivity contribution in [3.63, 3.8) is 0 Å². The number of halogens is 1. The largest absolute Gasteiger partial charge is 0.504 e. The van der Waals surface area contributed by atoms with Gasteiger partial charge in [-0.15, -0.1) is 0 Å². The topological polar surface area (TPSA) is 41.5 Å². The maximum atomic E-state index is 10.2. The molecule has 2 atom stereocenters. The van der Waals surface area contributed by atoms with E-state index >= 15 is 0 Å². The Morgan fingerprint density at radius 3 is 2.86 bits per heavy atom. The van der Waals surface area contributed by atoms with Gasteiger partial charge in [0, 0.05) is 23.0 Å². The fraction of sp³-hybridized carbons (Fsp3) is 0.333. The van der Waals surface area contributed by atoms with E-state index < -0.39 is 0 Å². The molecular weight excluding hydrogens is 342 g/mol. The number of methoxy groups -OCH3 is 1. The first-order valence-corrected chi connectivity index (χ1v) is 8.38. The predicted molar refractivity (Wildman–Crippen MR) is 89.6 cm³/mol. The van der Waals surface area contributed by atoms with Crippen LogP contribution in [0.4, 0.5) is 0 Å². The van der Waals surface area contributed by atoms with E-state index in [4.69, 9.17) is 4.74 Å². The normalized spacial score (nSPS) is 22.5. The van der Waals surface area contributed by atoms with E-state index in [9.17, 15) is 5.11 Å². The Morgan fingerprint density at radius 2 is 2.05 bits per heavy atom. The molecule has 2 aliphatic rings. The van der Waals surface area contributed by atoms with Crippen molar-refractivity contribution in [1.29, 1.82) is 0 Å². The maximum Gasteiger partial charge on any atom is 0.160 e. The van der Waals surface area contributed by atoms with Gasteiger partial charge in [-0.1, -0.05) is 22.0 Å². The number of hydrogen-bond acceptors (Lipinski definition) is 3. The van der Waals surface area contributed by atoms with Crippen LogP contribution < -0.4 is 10.1 Å². The molecule has 114 valence electrons. The second-order valence-electron chi connectivity index (χ2n) is 6.07. The van der Waals surface area contributed by atoms with E-state index in [1.807, 2.05) is 12.1 Å².